The number of ether oxygens (including phenoxy) is 2. The Kier molecular flexibility index (Phi) is 6.93. The highest BCUT2D eigenvalue weighted by atomic mass is 35.5. The maximum absolute atomic E-state index is 13.8. The summed E-state index contributed by atoms with van der Waals surface area (Å²) in [5, 5.41) is 5.89. The number of carbonyl (C=O) groups excluding carboxylic acids is 2. The van der Waals surface area contributed by atoms with Gasteiger partial charge in [-0.1, -0.05) is 17.7 Å². The van der Waals surface area contributed by atoms with E-state index in [0.717, 1.165) is 0 Å². The first-order chi connectivity index (χ1) is 17.4. The SMILES string of the molecule is COC(=O)C1=C(CN2C3COCC2CN(C(N)=O)C3)NC(c2nccs2)=NC1c1ccc(F)cc1Cl. The van der Waals surface area contributed by atoms with Gasteiger partial charge < -0.3 is 25.4 Å². The summed E-state index contributed by atoms with van der Waals surface area (Å²) in [5.74, 6) is -0.608. The number of urea groups is 1. The minimum atomic E-state index is -0.844. The number of esters is 1. The summed E-state index contributed by atoms with van der Waals surface area (Å²) in [6.45, 7) is 1.99. The Morgan fingerprint density at radius 1 is 1.33 bits per heavy atom. The van der Waals surface area contributed by atoms with Crippen molar-refractivity contribution in [2.75, 3.05) is 40.0 Å². The van der Waals surface area contributed by atoms with Crippen molar-refractivity contribution in [3.63, 3.8) is 0 Å². The Bertz CT molecular complexity index is 1230. The van der Waals surface area contributed by atoms with Crippen LogP contribution in [0.15, 0.2) is 46.0 Å². The number of aliphatic imine (C=N–C) groups is 1. The molecule has 2 bridgehead atoms. The third kappa shape index (κ3) is 4.69. The molecule has 0 spiro atoms. The van der Waals surface area contributed by atoms with Gasteiger partial charge in [0.05, 0.1) is 38.0 Å². The third-order valence-corrected chi connectivity index (χ3v) is 7.60. The minimum Gasteiger partial charge on any atom is -0.466 e. The largest absolute Gasteiger partial charge is 0.466 e. The lowest BCUT2D eigenvalue weighted by molar-refractivity contribution is -0.136. The number of rotatable bonds is 5. The molecule has 1 aromatic heterocycles. The Labute approximate surface area is 215 Å². The van der Waals surface area contributed by atoms with Crippen molar-refractivity contribution in [3.05, 3.63) is 62.5 Å². The Morgan fingerprint density at radius 2 is 2.08 bits per heavy atom. The van der Waals surface area contributed by atoms with Crippen LogP contribution in [0.25, 0.3) is 0 Å². The molecule has 2 saturated heterocycles. The number of nitrogens with zero attached hydrogens (tertiary/aromatic N) is 4. The summed E-state index contributed by atoms with van der Waals surface area (Å²) in [6, 6.07) is 2.44. The van der Waals surface area contributed by atoms with Crippen LogP contribution in [0.1, 0.15) is 16.6 Å². The van der Waals surface area contributed by atoms with E-state index in [-0.39, 0.29) is 22.7 Å². The first-order valence-electron chi connectivity index (χ1n) is 11.2. The third-order valence-electron chi connectivity index (χ3n) is 6.50. The highest BCUT2D eigenvalue weighted by Crippen LogP contribution is 2.37. The van der Waals surface area contributed by atoms with Crippen LogP contribution in [0.5, 0.6) is 0 Å². The molecule has 10 nitrogen and oxygen atoms in total. The Balaban J connectivity index is 1.58. The number of nitrogens with one attached hydrogen (secondary N) is 1. The van der Waals surface area contributed by atoms with Gasteiger partial charge in [-0.3, -0.25) is 9.89 Å². The van der Waals surface area contributed by atoms with Crippen LogP contribution in [0.4, 0.5) is 9.18 Å². The van der Waals surface area contributed by atoms with Crippen molar-refractivity contribution in [2.45, 2.75) is 18.1 Å². The molecule has 36 heavy (non-hydrogen) atoms. The van der Waals surface area contributed by atoms with Crippen LogP contribution in [-0.2, 0) is 14.3 Å². The van der Waals surface area contributed by atoms with E-state index in [0.29, 0.717) is 55.0 Å². The molecule has 5 rings (SSSR count). The fraction of sp³-hybridized carbons (Fsp3) is 0.391. The van der Waals surface area contributed by atoms with Gasteiger partial charge in [0.25, 0.3) is 0 Å². The van der Waals surface area contributed by atoms with Crippen molar-refractivity contribution in [2.24, 2.45) is 10.7 Å². The van der Waals surface area contributed by atoms with E-state index in [1.807, 2.05) is 5.38 Å². The van der Waals surface area contributed by atoms with Gasteiger partial charge in [-0.05, 0) is 12.1 Å². The molecule has 13 heteroatoms. The van der Waals surface area contributed by atoms with Gasteiger partial charge in [0, 0.05) is 47.5 Å². The van der Waals surface area contributed by atoms with Gasteiger partial charge >= 0.3 is 12.0 Å². The molecule has 0 saturated carbocycles. The van der Waals surface area contributed by atoms with E-state index in [4.69, 9.17) is 31.8 Å². The van der Waals surface area contributed by atoms with Crippen molar-refractivity contribution < 1.29 is 23.5 Å². The average Bonchev–Trinajstić information content (AvgIpc) is 3.38. The predicted molar refractivity (Wildman–Crippen MR) is 131 cm³/mol. The van der Waals surface area contributed by atoms with E-state index < -0.39 is 23.9 Å². The van der Waals surface area contributed by atoms with Gasteiger partial charge in [0.1, 0.15) is 11.9 Å². The maximum atomic E-state index is 13.8. The number of methoxy groups -OCH3 is 1. The van der Waals surface area contributed by atoms with E-state index in [1.54, 1.807) is 11.1 Å². The van der Waals surface area contributed by atoms with Crippen LogP contribution >= 0.6 is 22.9 Å². The number of hydrogen-bond donors (Lipinski definition) is 2. The molecule has 2 amide bonds. The number of thiazole rings is 1. The number of hydrogen-bond acceptors (Lipinski definition) is 9. The minimum absolute atomic E-state index is 0.117. The quantitative estimate of drug-likeness (QED) is 0.562. The summed E-state index contributed by atoms with van der Waals surface area (Å²) in [5.41, 5.74) is 6.84. The summed E-state index contributed by atoms with van der Waals surface area (Å²) < 4.78 is 24.7. The number of halogens is 2. The number of amides is 2. The number of carbonyl (C=O) groups is 2. The lowest BCUT2D eigenvalue weighted by Crippen LogP contribution is -2.66. The molecule has 3 aliphatic heterocycles. The highest BCUT2D eigenvalue weighted by Gasteiger charge is 2.42. The lowest BCUT2D eigenvalue weighted by Gasteiger charge is -2.49. The second-order valence-corrected chi connectivity index (χ2v) is 9.95. The van der Waals surface area contributed by atoms with E-state index in [1.165, 1.54) is 36.6 Å². The van der Waals surface area contributed by atoms with Crippen molar-refractivity contribution in [1.29, 1.82) is 0 Å². The van der Waals surface area contributed by atoms with Crippen LogP contribution in [0, 0.1) is 5.82 Å². The van der Waals surface area contributed by atoms with E-state index >= 15 is 0 Å². The molecule has 2 aromatic rings. The molecular formula is C23H24ClFN6O4S. The number of morpholine rings is 1. The molecular weight excluding hydrogens is 511 g/mol. The number of fused-ring (bicyclic) bond motifs is 2. The number of benzene rings is 1. The molecule has 2 fully saturated rings. The topological polar surface area (TPSA) is 122 Å². The van der Waals surface area contributed by atoms with Gasteiger partial charge in [-0.15, -0.1) is 11.3 Å². The predicted octanol–water partition coefficient (Wildman–Crippen LogP) is 1.92. The van der Waals surface area contributed by atoms with Crippen LogP contribution in [-0.4, -0.2) is 84.7 Å². The lowest BCUT2D eigenvalue weighted by atomic mass is 9.94. The Hall–Kier alpha value is -3.06. The number of primary amides is 1. The zero-order valence-electron chi connectivity index (χ0n) is 19.3. The van der Waals surface area contributed by atoms with Crippen LogP contribution in [0.2, 0.25) is 5.02 Å². The summed E-state index contributed by atoms with van der Waals surface area (Å²) in [6.07, 6.45) is 1.66. The van der Waals surface area contributed by atoms with Gasteiger partial charge in [0.15, 0.2) is 10.8 Å². The molecule has 4 heterocycles. The molecule has 3 atom stereocenters. The zero-order chi connectivity index (χ0) is 25.4. The number of amidine groups is 1. The number of piperazine rings is 1. The molecule has 0 radical (unpaired) electrons. The second-order valence-electron chi connectivity index (χ2n) is 8.65. The van der Waals surface area contributed by atoms with Crippen molar-refractivity contribution in [1.82, 2.24) is 20.1 Å². The van der Waals surface area contributed by atoms with Gasteiger partial charge in [-0.25, -0.2) is 19.0 Å². The first kappa shape index (κ1) is 24.6. The Morgan fingerprint density at radius 3 is 2.69 bits per heavy atom. The molecule has 3 N–H and O–H groups in total. The van der Waals surface area contributed by atoms with E-state index in [2.05, 4.69) is 15.2 Å². The van der Waals surface area contributed by atoms with Crippen LogP contribution < -0.4 is 11.1 Å². The zero-order valence-corrected chi connectivity index (χ0v) is 20.9. The van der Waals surface area contributed by atoms with E-state index in [9.17, 15) is 14.0 Å². The summed E-state index contributed by atoms with van der Waals surface area (Å²) in [4.78, 5) is 37.9. The monoisotopic (exact) mass is 534 g/mol. The van der Waals surface area contributed by atoms with Gasteiger partial charge in [-0.2, -0.15) is 0 Å². The van der Waals surface area contributed by atoms with Crippen molar-refractivity contribution >= 4 is 40.8 Å². The second kappa shape index (κ2) is 10.1. The summed E-state index contributed by atoms with van der Waals surface area (Å²) in [7, 11) is 1.30. The maximum Gasteiger partial charge on any atom is 0.338 e. The fourth-order valence-electron chi connectivity index (χ4n) is 4.82. The van der Waals surface area contributed by atoms with Crippen molar-refractivity contribution in [3.8, 4) is 0 Å². The molecule has 3 unspecified atom stereocenters. The number of aromatic nitrogens is 1. The first-order valence-corrected chi connectivity index (χ1v) is 12.5. The molecule has 1 aromatic carbocycles. The normalized spacial score (nSPS) is 24.2. The van der Waals surface area contributed by atoms with Gasteiger partial charge in [0.2, 0.25) is 0 Å². The van der Waals surface area contributed by atoms with Crippen LogP contribution in [0.3, 0.4) is 0 Å². The molecule has 190 valence electrons. The highest BCUT2D eigenvalue weighted by molar-refractivity contribution is 7.11. The number of nitrogens with two attached hydrogens (primary N) is 1. The summed E-state index contributed by atoms with van der Waals surface area (Å²) >= 11 is 7.81. The fourth-order valence-corrected chi connectivity index (χ4v) is 5.68. The standard InChI is InChI=1S/C23H24ClFN6O4S/c1-34-22(32)18-17(9-31-13-7-30(23(26)33)8-14(31)11-35-10-13)28-20(21-27-4-5-36-21)29-19(18)15-3-2-12(25)6-16(15)24/h2-6,13-14,19H,7-11H2,1H3,(H2,26,33)(H,28,29). The molecule has 3 aliphatic rings. The average molecular weight is 535 g/mol. The molecule has 0 aliphatic carbocycles. The smallest absolute Gasteiger partial charge is 0.338 e.